The molecule has 0 fully saturated rings. The summed E-state index contributed by atoms with van der Waals surface area (Å²) in [4.78, 5) is 16.8. The van der Waals surface area contributed by atoms with Gasteiger partial charge in [0.05, 0.1) is 12.3 Å². The molecule has 1 aliphatic rings. The maximum absolute atomic E-state index is 10.8. The lowest BCUT2D eigenvalue weighted by Gasteiger charge is -2.08. The minimum Gasteiger partial charge on any atom is -0.464 e. The Labute approximate surface area is 134 Å². The Morgan fingerprint density at radius 2 is 2.27 bits per heavy atom. The normalized spacial score (nSPS) is 17.8. The second-order valence-electron chi connectivity index (χ2n) is 5.44. The van der Waals surface area contributed by atoms with Gasteiger partial charge in [-0.1, -0.05) is 0 Å². The Morgan fingerprint density at radius 1 is 1.50 bits per heavy atom. The number of thioether (sulfide) groups is 1. The highest BCUT2D eigenvalue weighted by Crippen LogP contribution is 2.16. The molecule has 0 spiro atoms. The molecule has 0 saturated heterocycles. The van der Waals surface area contributed by atoms with Gasteiger partial charge < -0.3 is 14.6 Å². The maximum Gasteiger partial charge on any atom is 0.270 e. The number of furan rings is 1. The van der Waals surface area contributed by atoms with Gasteiger partial charge in [0.25, 0.3) is 6.04 Å². The van der Waals surface area contributed by atoms with E-state index < -0.39 is 6.04 Å². The minimum atomic E-state index is -0.649. The number of aliphatic imine (C=N–C) groups is 1. The van der Waals surface area contributed by atoms with Crippen molar-refractivity contribution in [2.45, 2.75) is 24.8 Å². The molecule has 1 aromatic rings. The summed E-state index contributed by atoms with van der Waals surface area (Å²) in [6.07, 6.45) is 0.503. The van der Waals surface area contributed by atoms with Crippen LogP contribution in [-0.4, -0.2) is 54.6 Å². The molecule has 8 heteroatoms. The molecule has 122 valence electrons. The van der Waals surface area contributed by atoms with Crippen LogP contribution in [0.1, 0.15) is 17.9 Å². The molecule has 1 aliphatic heterocycles. The first-order valence-corrected chi connectivity index (χ1v) is 8.43. The first kappa shape index (κ1) is 16.8. The molecular weight excluding hydrogens is 304 g/mol. The number of rotatable bonds is 8. The summed E-state index contributed by atoms with van der Waals surface area (Å²) in [5, 5.41) is 13.9. The molecule has 2 rings (SSSR count). The van der Waals surface area contributed by atoms with Gasteiger partial charge in [0, 0.05) is 30.2 Å². The zero-order valence-corrected chi connectivity index (χ0v) is 13.8. The predicted octanol–water partition coefficient (Wildman–Crippen LogP) is 1.61. The second kappa shape index (κ2) is 8.19. The standard InChI is InChI=1S/C14H22N4O3S/c1-17(2)9-11-3-4-12(21-11)10-22-8-7-16-14-13(18(19)20)5-6-15-14/h3-4,13H,5-10H2,1-2H3,(H,15,16). The lowest BCUT2D eigenvalue weighted by Crippen LogP contribution is -2.37. The van der Waals surface area contributed by atoms with E-state index in [4.69, 9.17) is 4.42 Å². The lowest BCUT2D eigenvalue weighted by atomic mass is 10.2. The molecule has 22 heavy (non-hydrogen) atoms. The Bertz CT molecular complexity index is 530. The molecule has 2 heterocycles. The molecule has 0 bridgehead atoms. The monoisotopic (exact) mass is 326 g/mol. The Morgan fingerprint density at radius 3 is 3.00 bits per heavy atom. The number of nitrogens with zero attached hydrogens (tertiary/aromatic N) is 3. The fourth-order valence-corrected chi connectivity index (χ4v) is 3.00. The quantitative estimate of drug-likeness (QED) is 0.444. The third-order valence-electron chi connectivity index (χ3n) is 3.24. The second-order valence-corrected chi connectivity index (χ2v) is 6.55. The van der Waals surface area contributed by atoms with Gasteiger partial charge in [0.1, 0.15) is 11.5 Å². The summed E-state index contributed by atoms with van der Waals surface area (Å²) in [6.45, 7) is 2.02. The van der Waals surface area contributed by atoms with Gasteiger partial charge in [0.15, 0.2) is 5.84 Å². The van der Waals surface area contributed by atoms with Gasteiger partial charge in [-0.05, 0) is 26.2 Å². The molecule has 0 amide bonds. The summed E-state index contributed by atoms with van der Waals surface area (Å²) >= 11 is 1.74. The van der Waals surface area contributed by atoms with Crippen LogP contribution in [0.3, 0.4) is 0 Å². The van der Waals surface area contributed by atoms with E-state index >= 15 is 0 Å². The molecule has 1 atom stereocenters. The molecule has 1 N–H and O–H groups in total. The first-order valence-electron chi connectivity index (χ1n) is 7.28. The highest BCUT2D eigenvalue weighted by Gasteiger charge is 2.30. The van der Waals surface area contributed by atoms with Crippen molar-refractivity contribution in [2.24, 2.45) is 4.99 Å². The van der Waals surface area contributed by atoms with Gasteiger partial charge >= 0.3 is 0 Å². The number of hydrogen-bond acceptors (Lipinski definition) is 7. The Hall–Kier alpha value is -1.54. The average molecular weight is 326 g/mol. The molecule has 7 nitrogen and oxygen atoms in total. The van der Waals surface area contributed by atoms with Crippen molar-refractivity contribution in [1.29, 1.82) is 0 Å². The molecule has 0 aromatic carbocycles. The van der Waals surface area contributed by atoms with Crippen LogP contribution >= 0.6 is 11.8 Å². The zero-order chi connectivity index (χ0) is 15.9. The molecular formula is C14H22N4O3S. The van der Waals surface area contributed by atoms with Crippen LogP contribution < -0.4 is 5.32 Å². The van der Waals surface area contributed by atoms with Crippen molar-refractivity contribution in [3.63, 3.8) is 0 Å². The SMILES string of the molecule is CN(C)Cc1ccc(CSCCNC2=NCCC2[N+](=O)[O-])o1. The third kappa shape index (κ3) is 5.03. The summed E-state index contributed by atoms with van der Waals surface area (Å²) in [7, 11) is 4.01. The number of nitro groups is 1. The van der Waals surface area contributed by atoms with Gasteiger partial charge in [-0.25, -0.2) is 0 Å². The van der Waals surface area contributed by atoms with Crippen molar-refractivity contribution >= 4 is 17.6 Å². The average Bonchev–Trinajstić information content (AvgIpc) is 3.07. The van der Waals surface area contributed by atoms with E-state index in [-0.39, 0.29) is 4.92 Å². The first-order chi connectivity index (χ1) is 10.6. The van der Waals surface area contributed by atoms with Gasteiger partial charge in [-0.15, -0.1) is 0 Å². The third-order valence-corrected chi connectivity index (χ3v) is 4.22. The van der Waals surface area contributed by atoms with Gasteiger partial charge in [-0.2, -0.15) is 11.8 Å². The van der Waals surface area contributed by atoms with E-state index in [1.54, 1.807) is 11.8 Å². The van der Waals surface area contributed by atoms with Gasteiger partial charge in [0.2, 0.25) is 0 Å². The largest absolute Gasteiger partial charge is 0.464 e. The van der Waals surface area contributed by atoms with Crippen LogP contribution in [0.2, 0.25) is 0 Å². The highest BCUT2D eigenvalue weighted by molar-refractivity contribution is 7.98. The smallest absolute Gasteiger partial charge is 0.270 e. The zero-order valence-electron chi connectivity index (χ0n) is 12.9. The van der Waals surface area contributed by atoms with E-state index in [0.717, 1.165) is 29.6 Å². The summed E-state index contributed by atoms with van der Waals surface area (Å²) < 4.78 is 5.73. The number of amidine groups is 1. The van der Waals surface area contributed by atoms with E-state index in [1.165, 1.54) is 0 Å². The van der Waals surface area contributed by atoms with Crippen molar-refractivity contribution < 1.29 is 9.34 Å². The van der Waals surface area contributed by atoms with E-state index in [9.17, 15) is 10.1 Å². The Kier molecular flexibility index (Phi) is 6.26. The van der Waals surface area contributed by atoms with Crippen molar-refractivity contribution in [3.05, 3.63) is 33.8 Å². The summed E-state index contributed by atoms with van der Waals surface area (Å²) in [5.74, 6) is 4.11. The minimum absolute atomic E-state index is 0.263. The molecule has 0 aliphatic carbocycles. The number of nitrogens with one attached hydrogen (secondary N) is 1. The van der Waals surface area contributed by atoms with Crippen LogP contribution in [0.15, 0.2) is 21.5 Å². The molecule has 0 radical (unpaired) electrons. The lowest BCUT2D eigenvalue weighted by molar-refractivity contribution is -0.502. The number of hydrogen-bond donors (Lipinski definition) is 1. The van der Waals surface area contributed by atoms with E-state index in [1.807, 2.05) is 26.2 Å². The van der Waals surface area contributed by atoms with Crippen LogP contribution in [0, 0.1) is 10.1 Å². The molecule has 1 unspecified atom stereocenters. The highest BCUT2D eigenvalue weighted by atomic mass is 32.2. The van der Waals surface area contributed by atoms with Crippen molar-refractivity contribution in [3.8, 4) is 0 Å². The molecule has 1 aromatic heterocycles. The fourth-order valence-electron chi connectivity index (χ4n) is 2.25. The van der Waals surface area contributed by atoms with Crippen molar-refractivity contribution in [1.82, 2.24) is 10.2 Å². The van der Waals surface area contributed by atoms with Crippen molar-refractivity contribution in [2.75, 3.05) is 32.9 Å². The van der Waals surface area contributed by atoms with Crippen LogP contribution in [0.5, 0.6) is 0 Å². The van der Waals surface area contributed by atoms with E-state index in [0.29, 0.717) is 25.3 Å². The van der Waals surface area contributed by atoms with Crippen LogP contribution in [0.4, 0.5) is 0 Å². The summed E-state index contributed by atoms with van der Waals surface area (Å²) in [6, 6.07) is 3.36. The Balaban J connectivity index is 1.63. The van der Waals surface area contributed by atoms with Crippen LogP contribution in [0.25, 0.3) is 0 Å². The fraction of sp³-hybridized carbons (Fsp3) is 0.643. The van der Waals surface area contributed by atoms with Gasteiger partial charge in [-0.3, -0.25) is 15.1 Å². The topological polar surface area (TPSA) is 83.9 Å². The summed E-state index contributed by atoms with van der Waals surface area (Å²) in [5.41, 5.74) is 0. The van der Waals surface area contributed by atoms with E-state index in [2.05, 4.69) is 15.2 Å². The molecule has 0 saturated carbocycles. The maximum atomic E-state index is 10.8. The van der Waals surface area contributed by atoms with Crippen LogP contribution in [-0.2, 0) is 12.3 Å². The predicted molar refractivity (Wildman–Crippen MR) is 88.0 cm³/mol.